The van der Waals surface area contributed by atoms with E-state index in [-0.39, 0.29) is 11.3 Å². The van der Waals surface area contributed by atoms with E-state index in [1.54, 1.807) is 0 Å². The van der Waals surface area contributed by atoms with Crippen LogP contribution in [0.15, 0.2) is 0 Å². The van der Waals surface area contributed by atoms with Crippen LogP contribution in [0.1, 0.15) is 0 Å². The Balaban J connectivity index is 2.12. The smallest absolute Gasteiger partial charge is 0.0255 e. The molecular weight excluding hydrogens is 150 g/mol. The lowest BCUT2D eigenvalue weighted by atomic mass is 12.0. The summed E-state index contributed by atoms with van der Waals surface area (Å²) in [5.41, 5.74) is 0. The third kappa shape index (κ3) is 2.11. The minimum atomic E-state index is -0.128. The molecule has 0 spiro atoms. The molecule has 6 heteroatoms. The molecule has 0 amide bonds. The van der Waals surface area contributed by atoms with Crippen LogP contribution in [0.2, 0.25) is 0 Å². The second-order valence-electron chi connectivity index (χ2n) is 1.03. The average Bonchev–Trinajstić information content (AvgIpc) is 1.69. The van der Waals surface area contributed by atoms with Crippen LogP contribution in [0.5, 0.6) is 0 Å². The van der Waals surface area contributed by atoms with Gasteiger partial charge in [-0.2, -0.15) is 4.13 Å². The Morgan fingerprint density at radius 1 is 1.29 bits per heavy atom. The van der Waals surface area contributed by atoms with E-state index < -0.39 is 0 Å². The first-order chi connectivity index (χ1) is 3.39. The van der Waals surface area contributed by atoms with Crippen molar-refractivity contribution in [1.29, 1.82) is 0 Å². The Morgan fingerprint density at radius 3 is 2.14 bits per heavy atom. The second kappa shape index (κ2) is 3.06. The van der Waals surface area contributed by atoms with Crippen molar-refractivity contribution in [3.8, 4) is 0 Å². The van der Waals surface area contributed by atoms with E-state index in [1.807, 2.05) is 0 Å². The minimum Gasteiger partial charge on any atom is -0.202 e. The van der Waals surface area contributed by atoms with E-state index in [0.717, 1.165) is 0 Å². The van der Waals surface area contributed by atoms with Crippen molar-refractivity contribution < 1.29 is 0 Å². The molecule has 7 heavy (non-hydrogen) atoms. The molecule has 1 fully saturated rings. The quantitative estimate of drug-likeness (QED) is 0.302. The molecule has 44 valence electrons. The zero-order valence-corrected chi connectivity index (χ0v) is 6.29. The molecule has 3 nitrogen and oxygen atoms in total. The Hall–Kier alpha value is 0.930. The maximum Gasteiger partial charge on any atom is 0.0255 e. The highest BCUT2D eigenvalue weighted by Gasteiger charge is 1.99. The molecule has 0 unspecified atom stereocenters. The van der Waals surface area contributed by atoms with Gasteiger partial charge in [-0.25, -0.2) is 8.25 Å². The summed E-state index contributed by atoms with van der Waals surface area (Å²) in [4.78, 5) is 0. The fraction of sp³-hybridized carbons (Fsp3) is 1.00. The largest absolute Gasteiger partial charge is 0.202 e. The van der Waals surface area contributed by atoms with Crippen LogP contribution in [0, 0.1) is 0 Å². The van der Waals surface area contributed by atoms with Gasteiger partial charge in [-0.3, -0.25) is 0 Å². The summed E-state index contributed by atoms with van der Waals surface area (Å²) in [6.45, 7) is 0. The number of rotatable bonds is 0. The molecule has 0 aromatic carbocycles. The van der Waals surface area contributed by atoms with Crippen molar-refractivity contribution in [2.75, 3.05) is 6.26 Å². The van der Waals surface area contributed by atoms with Gasteiger partial charge in [0.05, 0.1) is 0 Å². The molecule has 0 aromatic heterocycles. The van der Waals surface area contributed by atoms with Crippen LogP contribution in [-0.2, 0) is 0 Å². The predicted octanol–water partition coefficient (Wildman–Crippen LogP) is 0.356. The Labute approximate surface area is 54.5 Å². The summed E-state index contributed by atoms with van der Waals surface area (Å²) in [5.74, 6) is 0. The summed E-state index contributed by atoms with van der Waals surface area (Å²) in [6, 6.07) is 0. The lowest BCUT2D eigenvalue weighted by Crippen LogP contribution is -2.21. The molecule has 0 bridgehead atoms. The van der Waals surface area contributed by atoms with Crippen LogP contribution in [-0.4, -0.2) is 6.26 Å². The molecule has 1 heterocycles. The van der Waals surface area contributed by atoms with Gasteiger partial charge in [-0.1, -0.05) is 0 Å². The van der Waals surface area contributed by atoms with Crippen molar-refractivity contribution in [3.05, 3.63) is 0 Å². The summed E-state index contributed by atoms with van der Waals surface area (Å²) in [6.07, 6.45) is 2.12. The molecule has 0 atom stereocenters. The van der Waals surface area contributed by atoms with E-state index >= 15 is 0 Å². The van der Waals surface area contributed by atoms with Gasteiger partial charge in [0.2, 0.25) is 0 Å². The molecule has 0 radical (unpaired) electrons. The van der Waals surface area contributed by atoms with Crippen LogP contribution < -0.4 is 12.4 Å². The van der Waals surface area contributed by atoms with E-state index in [2.05, 4.69) is 18.6 Å². The highest BCUT2D eigenvalue weighted by molar-refractivity contribution is 8.32. The Kier molecular flexibility index (Phi) is 2.64. The van der Waals surface area contributed by atoms with E-state index in [9.17, 15) is 0 Å². The minimum absolute atomic E-state index is 0.128. The lowest BCUT2D eigenvalue weighted by Gasteiger charge is -2.22. The normalized spacial score (nSPS) is 27.9. The standard InChI is InChI=1S/CH7N3S3/c1-7-3-5-2-6-4-7/h2-4,7H,1H3. The SMILES string of the molecule is C[SH]1NSNSN1. The summed E-state index contributed by atoms with van der Waals surface area (Å²) in [5, 5.41) is 0. The molecule has 1 aliphatic rings. The highest BCUT2D eigenvalue weighted by atomic mass is 32.3. The van der Waals surface area contributed by atoms with Gasteiger partial charge in [0.1, 0.15) is 0 Å². The van der Waals surface area contributed by atoms with Gasteiger partial charge in [0, 0.05) is 24.3 Å². The van der Waals surface area contributed by atoms with Crippen LogP contribution >= 0.6 is 35.5 Å². The van der Waals surface area contributed by atoms with Gasteiger partial charge in [-0.15, -0.1) is 11.3 Å². The van der Waals surface area contributed by atoms with Gasteiger partial charge in [0.25, 0.3) is 0 Å². The number of hydrogen-bond acceptors (Lipinski definition) is 5. The fourth-order valence-corrected chi connectivity index (χ4v) is 2.93. The monoisotopic (exact) mass is 157 g/mol. The van der Waals surface area contributed by atoms with Crippen molar-refractivity contribution in [2.45, 2.75) is 0 Å². The van der Waals surface area contributed by atoms with Gasteiger partial charge < -0.3 is 0 Å². The molecular formula is CH7N3S3. The third-order valence-electron chi connectivity index (χ3n) is 0.448. The topological polar surface area (TPSA) is 36.1 Å². The van der Waals surface area contributed by atoms with E-state index in [4.69, 9.17) is 0 Å². The molecule has 3 N–H and O–H groups in total. The van der Waals surface area contributed by atoms with Gasteiger partial charge in [0.15, 0.2) is 0 Å². The molecule has 1 saturated heterocycles. The molecule has 0 saturated carbocycles. The molecule has 1 aliphatic heterocycles. The summed E-state index contributed by atoms with van der Waals surface area (Å²) < 4.78 is 9.18. The summed E-state index contributed by atoms with van der Waals surface area (Å²) in [7, 11) is 0. The third-order valence-corrected chi connectivity index (χ3v) is 4.04. The fourth-order valence-electron chi connectivity index (χ4n) is 0.214. The van der Waals surface area contributed by atoms with E-state index in [0.29, 0.717) is 0 Å². The Morgan fingerprint density at radius 2 is 1.86 bits per heavy atom. The van der Waals surface area contributed by atoms with E-state index in [1.165, 1.54) is 24.3 Å². The van der Waals surface area contributed by atoms with Crippen molar-refractivity contribution in [1.82, 2.24) is 12.4 Å². The van der Waals surface area contributed by atoms with Gasteiger partial charge >= 0.3 is 0 Å². The van der Waals surface area contributed by atoms with Crippen LogP contribution in [0.3, 0.4) is 0 Å². The van der Waals surface area contributed by atoms with Crippen molar-refractivity contribution in [3.63, 3.8) is 0 Å². The number of thiol groups is 1. The number of nitrogens with one attached hydrogen (secondary N) is 3. The lowest BCUT2D eigenvalue weighted by molar-refractivity contribution is 1.49. The van der Waals surface area contributed by atoms with Crippen LogP contribution in [0.4, 0.5) is 0 Å². The maximum atomic E-state index is 3.12. The molecule has 0 aromatic rings. The van der Waals surface area contributed by atoms with Gasteiger partial charge in [-0.05, 0) is 6.26 Å². The Bertz CT molecular complexity index is 52.1. The molecule has 0 aliphatic carbocycles. The molecule has 1 rings (SSSR count). The van der Waals surface area contributed by atoms with Crippen molar-refractivity contribution >= 4 is 35.5 Å². The second-order valence-corrected chi connectivity index (χ2v) is 4.68. The highest BCUT2D eigenvalue weighted by Crippen LogP contribution is 2.21. The first kappa shape index (κ1) is 6.06. The first-order valence-electron chi connectivity index (χ1n) is 1.71. The zero-order valence-electron chi connectivity index (χ0n) is 3.76. The van der Waals surface area contributed by atoms with Crippen LogP contribution in [0.25, 0.3) is 0 Å². The average molecular weight is 157 g/mol. The maximum absolute atomic E-state index is 3.12. The first-order valence-corrected chi connectivity index (χ1v) is 5.13. The number of hydrogen-bond donors (Lipinski definition) is 4. The predicted molar refractivity (Wildman–Crippen MR) is 39.5 cm³/mol. The zero-order chi connectivity index (χ0) is 5.11. The van der Waals surface area contributed by atoms with Crippen molar-refractivity contribution in [2.24, 2.45) is 0 Å². The summed E-state index contributed by atoms with van der Waals surface area (Å²) >= 11 is 2.94.